The number of likely N-dealkylation sites (tertiary alicyclic amines) is 2. The summed E-state index contributed by atoms with van der Waals surface area (Å²) in [6.07, 6.45) is 6.43. The summed E-state index contributed by atoms with van der Waals surface area (Å²) in [5.74, 6) is 1.78. The number of ether oxygens (including phenoxy) is 1. The standard InChI is InChI=1S/C28H41N3O3/c1-28(2,3)34-27(33)29-15-13-24(14-16-29)30-18-22-11-12-23(19-30)25(22)31(26(32)21-9-10-21)17-20-7-5-4-6-8-20/h4-8,21-25H,9-19H2,1-3H3/t22-,23+,25+. The first-order chi connectivity index (χ1) is 16.3. The topological polar surface area (TPSA) is 53.1 Å². The molecule has 2 aliphatic carbocycles. The van der Waals surface area contributed by atoms with Crippen LogP contribution in [0.4, 0.5) is 4.79 Å². The number of nitrogens with zero attached hydrogens (tertiary/aromatic N) is 3. The second kappa shape index (κ2) is 9.52. The minimum absolute atomic E-state index is 0.181. The number of amides is 2. The maximum atomic E-state index is 13.4. The van der Waals surface area contributed by atoms with E-state index in [-0.39, 0.29) is 12.0 Å². The largest absolute Gasteiger partial charge is 0.444 e. The Bertz CT molecular complexity index is 857. The lowest BCUT2D eigenvalue weighted by Crippen LogP contribution is -2.58. The summed E-state index contributed by atoms with van der Waals surface area (Å²) in [4.78, 5) is 32.7. The Morgan fingerprint density at radius 1 is 0.941 bits per heavy atom. The zero-order valence-electron chi connectivity index (χ0n) is 21.1. The number of hydrogen-bond acceptors (Lipinski definition) is 4. The Hall–Kier alpha value is -2.08. The number of carbonyl (C=O) groups is 2. The van der Waals surface area contributed by atoms with Gasteiger partial charge in [0, 0.05) is 50.7 Å². The van der Waals surface area contributed by atoms with E-state index in [9.17, 15) is 9.59 Å². The van der Waals surface area contributed by atoms with Crippen LogP contribution in [0.3, 0.4) is 0 Å². The van der Waals surface area contributed by atoms with Crippen LogP contribution in [0.5, 0.6) is 0 Å². The molecule has 1 aromatic rings. The van der Waals surface area contributed by atoms with Gasteiger partial charge in [0.25, 0.3) is 0 Å². The van der Waals surface area contributed by atoms with Gasteiger partial charge in [-0.15, -0.1) is 0 Å². The van der Waals surface area contributed by atoms with E-state index in [0.29, 0.717) is 29.8 Å². The lowest BCUT2D eigenvalue weighted by atomic mass is 9.87. The Balaban J connectivity index is 1.21. The first-order valence-electron chi connectivity index (χ1n) is 13.3. The molecule has 6 heteroatoms. The van der Waals surface area contributed by atoms with Gasteiger partial charge in [0.15, 0.2) is 0 Å². The van der Waals surface area contributed by atoms with Gasteiger partial charge in [0.2, 0.25) is 5.91 Å². The Kier molecular flexibility index (Phi) is 6.62. The van der Waals surface area contributed by atoms with Gasteiger partial charge in [-0.05, 0) is 76.7 Å². The molecule has 3 atom stereocenters. The van der Waals surface area contributed by atoms with Crippen LogP contribution in [0.2, 0.25) is 0 Å². The van der Waals surface area contributed by atoms with E-state index in [1.807, 2.05) is 31.7 Å². The maximum Gasteiger partial charge on any atom is 0.410 e. The molecular formula is C28H41N3O3. The van der Waals surface area contributed by atoms with Crippen molar-refractivity contribution in [3.05, 3.63) is 35.9 Å². The Morgan fingerprint density at radius 3 is 2.12 bits per heavy atom. The van der Waals surface area contributed by atoms with Crippen molar-refractivity contribution in [2.45, 2.75) is 83.5 Å². The molecule has 4 aliphatic rings. The third kappa shape index (κ3) is 5.27. The molecule has 0 N–H and O–H groups in total. The van der Waals surface area contributed by atoms with Gasteiger partial charge in [-0.2, -0.15) is 0 Å². The van der Waals surface area contributed by atoms with E-state index in [1.165, 1.54) is 18.4 Å². The van der Waals surface area contributed by atoms with Gasteiger partial charge in [-0.3, -0.25) is 9.69 Å². The molecule has 5 rings (SSSR count). The van der Waals surface area contributed by atoms with E-state index in [4.69, 9.17) is 4.74 Å². The molecule has 2 aliphatic heterocycles. The van der Waals surface area contributed by atoms with Crippen LogP contribution in [0, 0.1) is 17.8 Å². The summed E-state index contributed by atoms with van der Waals surface area (Å²) in [5.41, 5.74) is 0.797. The van der Waals surface area contributed by atoms with E-state index >= 15 is 0 Å². The van der Waals surface area contributed by atoms with Crippen molar-refractivity contribution in [3.8, 4) is 0 Å². The van der Waals surface area contributed by atoms with Crippen LogP contribution >= 0.6 is 0 Å². The van der Waals surface area contributed by atoms with Crippen LogP contribution in [0.15, 0.2) is 30.3 Å². The smallest absolute Gasteiger partial charge is 0.410 e. The summed E-state index contributed by atoms with van der Waals surface area (Å²) in [6.45, 7) is 10.2. The second-order valence-electron chi connectivity index (χ2n) is 12.0. The number of fused-ring (bicyclic) bond motifs is 2. The molecule has 1 aromatic carbocycles. The van der Waals surface area contributed by atoms with Crippen LogP contribution in [0.1, 0.15) is 64.9 Å². The average molecular weight is 468 g/mol. The predicted molar refractivity (Wildman–Crippen MR) is 132 cm³/mol. The highest BCUT2D eigenvalue weighted by molar-refractivity contribution is 5.81. The molecule has 34 heavy (non-hydrogen) atoms. The van der Waals surface area contributed by atoms with Crippen molar-refractivity contribution in [1.29, 1.82) is 0 Å². The number of hydrogen-bond donors (Lipinski definition) is 0. The van der Waals surface area contributed by atoms with Gasteiger partial charge < -0.3 is 14.5 Å². The van der Waals surface area contributed by atoms with Crippen molar-refractivity contribution in [2.24, 2.45) is 17.8 Å². The van der Waals surface area contributed by atoms with E-state index in [2.05, 4.69) is 34.1 Å². The molecule has 2 saturated heterocycles. The highest BCUT2D eigenvalue weighted by atomic mass is 16.6. The van der Waals surface area contributed by atoms with Crippen molar-refractivity contribution in [2.75, 3.05) is 26.2 Å². The molecule has 2 heterocycles. The highest BCUT2D eigenvalue weighted by Gasteiger charge is 2.49. The van der Waals surface area contributed by atoms with E-state index < -0.39 is 5.60 Å². The fourth-order valence-corrected chi connectivity index (χ4v) is 6.45. The lowest BCUT2D eigenvalue weighted by molar-refractivity contribution is -0.139. The van der Waals surface area contributed by atoms with Gasteiger partial charge >= 0.3 is 6.09 Å². The summed E-state index contributed by atoms with van der Waals surface area (Å²) in [7, 11) is 0. The fraction of sp³-hybridized carbons (Fsp3) is 0.714. The minimum atomic E-state index is -0.446. The first-order valence-corrected chi connectivity index (χ1v) is 13.3. The molecule has 4 fully saturated rings. The molecule has 186 valence electrons. The molecule has 0 radical (unpaired) electrons. The van der Waals surface area contributed by atoms with Crippen molar-refractivity contribution < 1.29 is 14.3 Å². The number of rotatable bonds is 5. The van der Waals surface area contributed by atoms with E-state index in [0.717, 1.165) is 58.4 Å². The van der Waals surface area contributed by atoms with Gasteiger partial charge in [-0.1, -0.05) is 30.3 Å². The van der Waals surface area contributed by atoms with Crippen LogP contribution < -0.4 is 0 Å². The summed E-state index contributed by atoms with van der Waals surface area (Å²) >= 11 is 0. The summed E-state index contributed by atoms with van der Waals surface area (Å²) in [6, 6.07) is 11.4. The minimum Gasteiger partial charge on any atom is -0.444 e. The highest BCUT2D eigenvalue weighted by Crippen LogP contribution is 2.44. The Morgan fingerprint density at radius 2 is 1.56 bits per heavy atom. The summed E-state index contributed by atoms with van der Waals surface area (Å²) in [5, 5.41) is 0. The first kappa shape index (κ1) is 23.7. The quantitative estimate of drug-likeness (QED) is 0.638. The van der Waals surface area contributed by atoms with Crippen molar-refractivity contribution >= 4 is 12.0 Å². The molecule has 2 amide bonds. The van der Waals surface area contributed by atoms with Gasteiger partial charge in [-0.25, -0.2) is 4.79 Å². The zero-order valence-corrected chi connectivity index (χ0v) is 21.1. The molecule has 0 aromatic heterocycles. The predicted octanol–water partition coefficient (Wildman–Crippen LogP) is 4.54. The average Bonchev–Trinajstić information content (AvgIpc) is 3.62. The van der Waals surface area contributed by atoms with Crippen LogP contribution in [-0.4, -0.2) is 70.6 Å². The third-order valence-electron chi connectivity index (χ3n) is 8.21. The molecule has 6 nitrogen and oxygen atoms in total. The summed E-state index contributed by atoms with van der Waals surface area (Å²) < 4.78 is 5.57. The maximum absolute atomic E-state index is 13.4. The molecule has 0 unspecified atom stereocenters. The lowest BCUT2D eigenvalue weighted by Gasteiger charge is -2.47. The fourth-order valence-electron chi connectivity index (χ4n) is 6.45. The third-order valence-corrected chi connectivity index (χ3v) is 8.21. The molecule has 0 spiro atoms. The molecule has 2 bridgehead atoms. The second-order valence-corrected chi connectivity index (χ2v) is 12.0. The van der Waals surface area contributed by atoms with Crippen LogP contribution in [0.25, 0.3) is 0 Å². The Labute approximate surface area is 204 Å². The monoisotopic (exact) mass is 467 g/mol. The van der Waals surface area contributed by atoms with Crippen molar-refractivity contribution in [1.82, 2.24) is 14.7 Å². The van der Waals surface area contributed by atoms with Gasteiger partial charge in [0.1, 0.15) is 5.60 Å². The van der Waals surface area contributed by atoms with Crippen molar-refractivity contribution in [3.63, 3.8) is 0 Å². The van der Waals surface area contributed by atoms with Crippen LogP contribution in [-0.2, 0) is 16.1 Å². The normalized spacial score (nSPS) is 28.1. The zero-order chi connectivity index (χ0) is 23.9. The number of carbonyl (C=O) groups excluding carboxylic acids is 2. The molecule has 2 saturated carbocycles. The number of benzene rings is 1. The molecular weight excluding hydrogens is 426 g/mol. The SMILES string of the molecule is CC(C)(C)OC(=O)N1CCC(N2C[C@H]3CC[C@@H](C2)[C@H]3N(Cc2ccccc2)C(=O)C2CC2)CC1. The van der Waals surface area contributed by atoms with Gasteiger partial charge in [0.05, 0.1) is 0 Å². The van der Waals surface area contributed by atoms with E-state index in [1.54, 1.807) is 0 Å². The number of piperidine rings is 2.